The predicted molar refractivity (Wildman–Crippen MR) is 103 cm³/mol. The van der Waals surface area contributed by atoms with Gasteiger partial charge in [-0.25, -0.2) is 4.68 Å². The molecule has 1 aromatic carbocycles. The fraction of sp³-hybridized carbons (Fsp3) is 0.250. The van der Waals surface area contributed by atoms with E-state index in [1.54, 1.807) is 35.2 Å². The SMILES string of the molecule is Cc1cccc(C(=O)Nc2cc(-c3ccco3)nn2C2NC(=O)CC(C)N2)c1. The maximum atomic E-state index is 12.7. The van der Waals surface area contributed by atoms with Gasteiger partial charge in [0.1, 0.15) is 11.5 Å². The Bertz CT molecular complexity index is 1010. The monoisotopic (exact) mass is 379 g/mol. The molecular formula is C20H21N5O3. The number of aryl methyl sites for hydroxylation is 1. The van der Waals surface area contributed by atoms with Crippen LogP contribution in [0.4, 0.5) is 5.82 Å². The van der Waals surface area contributed by atoms with E-state index in [0.717, 1.165) is 5.56 Å². The molecule has 0 spiro atoms. The Morgan fingerprint density at radius 1 is 1.29 bits per heavy atom. The second-order valence-corrected chi connectivity index (χ2v) is 6.90. The molecule has 0 radical (unpaired) electrons. The molecule has 28 heavy (non-hydrogen) atoms. The van der Waals surface area contributed by atoms with Gasteiger partial charge in [-0.15, -0.1) is 0 Å². The molecule has 8 heteroatoms. The molecule has 2 unspecified atom stereocenters. The largest absolute Gasteiger partial charge is 0.463 e. The van der Waals surface area contributed by atoms with E-state index in [1.165, 1.54) is 0 Å². The first-order valence-corrected chi connectivity index (χ1v) is 9.06. The van der Waals surface area contributed by atoms with Crippen molar-refractivity contribution >= 4 is 17.6 Å². The summed E-state index contributed by atoms with van der Waals surface area (Å²) in [4.78, 5) is 24.7. The number of nitrogens with zero attached hydrogens (tertiary/aromatic N) is 2. The molecule has 144 valence electrons. The van der Waals surface area contributed by atoms with Crippen molar-refractivity contribution in [1.29, 1.82) is 0 Å². The number of carbonyl (C=O) groups is 2. The van der Waals surface area contributed by atoms with Crippen molar-refractivity contribution in [3.05, 3.63) is 59.9 Å². The lowest BCUT2D eigenvalue weighted by molar-refractivity contribution is -0.125. The second-order valence-electron chi connectivity index (χ2n) is 6.90. The Morgan fingerprint density at radius 3 is 2.86 bits per heavy atom. The van der Waals surface area contributed by atoms with Crippen molar-refractivity contribution in [2.24, 2.45) is 0 Å². The summed E-state index contributed by atoms with van der Waals surface area (Å²) in [5.41, 5.74) is 2.09. The van der Waals surface area contributed by atoms with Crippen molar-refractivity contribution in [3.63, 3.8) is 0 Å². The number of hydrogen-bond donors (Lipinski definition) is 3. The van der Waals surface area contributed by atoms with Crippen LogP contribution in [0.3, 0.4) is 0 Å². The molecule has 0 saturated carbocycles. The number of hydrogen-bond acceptors (Lipinski definition) is 5. The van der Waals surface area contributed by atoms with E-state index in [0.29, 0.717) is 29.3 Å². The van der Waals surface area contributed by atoms with Gasteiger partial charge in [-0.3, -0.25) is 14.9 Å². The van der Waals surface area contributed by atoms with Crippen LogP contribution in [0.25, 0.3) is 11.5 Å². The van der Waals surface area contributed by atoms with E-state index in [2.05, 4.69) is 21.0 Å². The lowest BCUT2D eigenvalue weighted by Crippen LogP contribution is -2.52. The van der Waals surface area contributed by atoms with Crippen LogP contribution in [0.1, 0.15) is 35.6 Å². The van der Waals surface area contributed by atoms with Crippen molar-refractivity contribution < 1.29 is 14.0 Å². The molecule has 4 rings (SSSR count). The van der Waals surface area contributed by atoms with E-state index in [9.17, 15) is 9.59 Å². The summed E-state index contributed by atoms with van der Waals surface area (Å²) >= 11 is 0. The zero-order chi connectivity index (χ0) is 19.7. The van der Waals surface area contributed by atoms with Crippen molar-refractivity contribution in [1.82, 2.24) is 20.4 Å². The molecule has 3 N–H and O–H groups in total. The van der Waals surface area contributed by atoms with Crippen LogP contribution in [0.2, 0.25) is 0 Å². The predicted octanol–water partition coefficient (Wildman–Crippen LogP) is 2.66. The van der Waals surface area contributed by atoms with Crippen LogP contribution < -0.4 is 16.0 Å². The third-order valence-corrected chi connectivity index (χ3v) is 4.51. The second kappa shape index (κ2) is 7.32. The quantitative estimate of drug-likeness (QED) is 0.647. The fourth-order valence-electron chi connectivity index (χ4n) is 3.20. The Kier molecular flexibility index (Phi) is 4.70. The molecule has 8 nitrogen and oxygen atoms in total. The first kappa shape index (κ1) is 18.0. The summed E-state index contributed by atoms with van der Waals surface area (Å²) in [6.07, 6.45) is 1.36. The standard InChI is InChI=1S/C20H21N5O3/c1-12-5-3-6-14(9-12)19(27)22-17-11-15(16-7-4-8-28-16)24-25(17)20-21-13(2)10-18(26)23-20/h3-9,11,13,20-21H,10H2,1-2H3,(H,22,27)(H,23,26). The van der Waals surface area contributed by atoms with Gasteiger partial charge in [0.2, 0.25) is 5.91 Å². The minimum absolute atomic E-state index is 0.0182. The Morgan fingerprint density at radius 2 is 2.14 bits per heavy atom. The molecule has 0 bridgehead atoms. The maximum absolute atomic E-state index is 12.7. The summed E-state index contributed by atoms with van der Waals surface area (Å²) in [5.74, 6) is 0.679. The van der Waals surface area contributed by atoms with Gasteiger partial charge in [0.15, 0.2) is 12.0 Å². The number of benzene rings is 1. The fourth-order valence-corrected chi connectivity index (χ4v) is 3.20. The molecule has 2 amide bonds. The van der Waals surface area contributed by atoms with E-state index in [-0.39, 0.29) is 17.9 Å². The van der Waals surface area contributed by atoms with Crippen LogP contribution in [-0.4, -0.2) is 27.6 Å². The average molecular weight is 379 g/mol. The van der Waals surface area contributed by atoms with Crippen LogP contribution in [0.15, 0.2) is 53.1 Å². The van der Waals surface area contributed by atoms with E-state index >= 15 is 0 Å². The maximum Gasteiger partial charge on any atom is 0.256 e. The molecule has 2 atom stereocenters. The van der Waals surface area contributed by atoms with Gasteiger partial charge >= 0.3 is 0 Å². The molecule has 1 aliphatic heterocycles. The molecule has 1 aliphatic rings. The molecule has 1 fully saturated rings. The zero-order valence-corrected chi connectivity index (χ0v) is 15.6. The highest BCUT2D eigenvalue weighted by atomic mass is 16.3. The number of furan rings is 1. The molecule has 2 aromatic heterocycles. The van der Waals surface area contributed by atoms with Crippen LogP contribution in [0.5, 0.6) is 0 Å². The van der Waals surface area contributed by atoms with Gasteiger partial charge < -0.3 is 15.1 Å². The number of aromatic nitrogens is 2. The molecule has 3 aromatic rings. The third-order valence-electron chi connectivity index (χ3n) is 4.51. The highest BCUT2D eigenvalue weighted by Gasteiger charge is 2.27. The summed E-state index contributed by atoms with van der Waals surface area (Å²) in [5, 5.41) is 13.6. The van der Waals surface area contributed by atoms with E-state index < -0.39 is 6.29 Å². The summed E-state index contributed by atoms with van der Waals surface area (Å²) in [6.45, 7) is 3.85. The average Bonchev–Trinajstić information content (AvgIpc) is 3.30. The summed E-state index contributed by atoms with van der Waals surface area (Å²) < 4.78 is 6.98. The topological polar surface area (TPSA) is 101 Å². The number of rotatable bonds is 4. The van der Waals surface area contributed by atoms with Crippen molar-refractivity contribution in [2.45, 2.75) is 32.6 Å². The zero-order valence-electron chi connectivity index (χ0n) is 15.6. The van der Waals surface area contributed by atoms with Crippen LogP contribution in [0, 0.1) is 6.92 Å². The van der Waals surface area contributed by atoms with Crippen LogP contribution >= 0.6 is 0 Å². The van der Waals surface area contributed by atoms with Gasteiger partial charge in [-0.1, -0.05) is 17.7 Å². The first-order valence-electron chi connectivity index (χ1n) is 9.06. The molecule has 1 saturated heterocycles. The summed E-state index contributed by atoms with van der Waals surface area (Å²) in [7, 11) is 0. The van der Waals surface area contributed by atoms with E-state index in [1.807, 2.05) is 32.0 Å². The van der Waals surface area contributed by atoms with Gasteiger partial charge in [0.25, 0.3) is 5.91 Å². The third kappa shape index (κ3) is 3.67. The van der Waals surface area contributed by atoms with Crippen LogP contribution in [-0.2, 0) is 4.79 Å². The lowest BCUT2D eigenvalue weighted by atomic mass is 10.1. The Hall–Kier alpha value is -3.39. The van der Waals surface area contributed by atoms with Gasteiger partial charge in [-0.05, 0) is 38.1 Å². The number of amides is 2. The Labute approximate surface area is 161 Å². The first-order chi connectivity index (χ1) is 13.5. The van der Waals surface area contributed by atoms with Gasteiger partial charge in [-0.2, -0.15) is 5.10 Å². The van der Waals surface area contributed by atoms with Crippen molar-refractivity contribution in [2.75, 3.05) is 5.32 Å². The number of anilines is 1. The molecular weight excluding hydrogens is 358 g/mol. The van der Waals surface area contributed by atoms with E-state index in [4.69, 9.17) is 4.42 Å². The highest BCUT2D eigenvalue weighted by molar-refractivity contribution is 6.04. The molecule has 0 aliphatic carbocycles. The summed E-state index contributed by atoms with van der Waals surface area (Å²) in [6, 6.07) is 12.6. The smallest absolute Gasteiger partial charge is 0.256 e. The van der Waals surface area contributed by atoms with Crippen molar-refractivity contribution in [3.8, 4) is 11.5 Å². The Balaban J connectivity index is 1.68. The lowest BCUT2D eigenvalue weighted by Gasteiger charge is -2.30. The minimum Gasteiger partial charge on any atom is -0.463 e. The minimum atomic E-state index is -0.576. The highest BCUT2D eigenvalue weighted by Crippen LogP contribution is 2.25. The number of nitrogens with one attached hydrogen (secondary N) is 3. The normalized spacial score (nSPS) is 19.3. The number of carbonyl (C=O) groups excluding carboxylic acids is 2. The molecule has 3 heterocycles. The van der Waals surface area contributed by atoms with Gasteiger partial charge in [0, 0.05) is 24.1 Å². The van der Waals surface area contributed by atoms with Gasteiger partial charge in [0.05, 0.1) is 6.26 Å².